The Hall–Kier alpha value is -0.860. The second kappa shape index (κ2) is 6.22. The van der Waals surface area contributed by atoms with Crippen LogP contribution in [0.3, 0.4) is 0 Å². The lowest BCUT2D eigenvalue weighted by Gasteiger charge is -2.57. The Balaban J connectivity index is 1.41. The molecule has 4 bridgehead atoms. The van der Waals surface area contributed by atoms with Crippen LogP contribution in [0.15, 0.2) is 30.3 Å². The summed E-state index contributed by atoms with van der Waals surface area (Å²) in [7, 11) is 0. The molecule has 0 spiro atoms. The van der Waals surface area contributed by atoms with E-state index in [1.54, 1.807) is 0 Å². The van der Waals surface area contributed by atoms with Crippen LogP contribution in [0.4, 0.5) is 0 Å². The van der Waals surface area contributed by atoms with Gasteiger partial charge in [0.2, 0.25) is 0 Å². The lowest BCUT2D eigenvalue weighted by molar-refractivity contribution is -0.0618. The first kappa shape index (κ1) is 15.7. The Morgan fingerprint density at radius 2 is 1.61 bits per heavy atom. The van der Waals surface area contributed by atoms with Crippen LogP contribution in [0.1, 0.15) is 63.5 Å². The minimum atomic E-state index is 0.0695. The third-order valence-corrected chi connectivity index (χ3v) is 6.77. The van der Waals surface area contributed by atoms with Crippen LogP contribution >= 0.6 is 0 Å². The van der Waals surface area contributed by atoms with Gasteiger partial charge < -0.3 is 10.4 Å². The second-order valence-electron chi connectivity index (χ2n) is 8.84. The van der Waals surface area contributed by atoms with E-state index in [4.69, 9.17) is 0 Å². The molecule has 0 saturated heterocycles. The van der Waals surface area contributed by atoms with Gasteiger partial charge in [0.25, 0.3) is 0 Å². The van der Waals surface area contributed by atoms with Crippen molar-refractivity contribution >= 4 is 0 Å². The Kier molecular flexibility index (Phi) is 4.23. The number of hydrogen-bond donors (Lipinski definition) is 2. The van der Waals surface area contributed by atoms with Crippen LogP contribution in [0.2, 0.25) is 0 Å². The first-order valence-electron chi connectivity index (χ1n) is 9.58. The van der Waals surface area contributed by atoms with Gasteiger partial charge in [0, 0.05) is 6.04 Å². The first-order chi connectivity index (χ1) is 11.2. The highest BCUT2D eigenvalue weighted by Crippen LogP contribution is 2.61. The third kappa shape index (κ3) is 3.21. The molecule has 2 atom stereocenters. The van der Waals surface area contributed by atoms with E-state index >= 15 is 0 Å². The quantitative estimate of drug-likeness (QED) is 0.820. The molecular formula is C21H31NO. The molecule has 4 fully saturated rings. The van der Waals surface area contributed by atoms with E-state index in [0.29, 0.717) is 11.5 Å². The van der Waals surface area contributed by atoms with Crippen molar-refractivity contribution in [2.24, 2.45) is 23.2 Å². The smallest absolute Gasteiger partial charge is 0.0626 e. The van der Waals surface area contributed by atoms with E-state index < -0.39 is 0 Å². The van der Waals surface area contributed by atoms with Gasteiger partial charge in [0.05, 0.1) is 12.6 Å². The molecule has 0 aliphatic heterocycles. The molecule has 23 heavy (non-hydrogen) atoms. The van der Waals surface area contributed by atoms with Crippen molar-refractivity contribution < 1.29 is 5.11 Å². The molecule has 4 aliphatic rings. The summed E-state index contributed by atoms with van der Waals surface area (Å²) in [6, 6.07) is 10.9. The Bertz CT molecular complexity index is 491. The fourth-order valence-corrected chi connectivity index (χ4v) is 6.53. The molecule has 2 nitrogen and oxygen atoms in total. The van der Waals surface area contributed by atoms with Gasteiger partial charge in [-0.3, -0.25) is 0 Å². The van der Waals surface area contributed by atoms with Gasteiger partial charge in [-0.15, -0.1) is 0 Å². The topological polar surface area (TPSA) is 32.3 Å². The zero-order chi connectivity index (χ0) is 15.9. The molecule has 5 rings (SSSR count). The summed E-state index contributed by atoms with van der Waals surface area (Å²) in [5.41, 5.74) is 1.81. The number of rotatable bonds is 6. The van der Waals surface area contributed by atoms with Gasteiger partial charge in [0.1, 0.15) is 0 Å². The maximum absolute atomic E-state index is 9.80. The largest absolute Gasteiger partial charge is 0.394 e. The average Bonchev–Trinajstić information content (AvgIpc) is 2.51. The summed E-state index contributed by atoms with van der Waals surface area (Å²) in [6.07, 6.45) is 10.3. The van der Waals surface area contributed by atoms with Gasteiger partial charge in [-0.05, 0) is 80.6 Å². The van der Waals surface area contributed by atoms with E-state index in [9.17, 15) is 5.11 Å². The molecule has 1 aromatic carbocycles. The van der Waals surface area contributed by atoms with Crippen LogP contribution in [0.5, 0.6) is 0 Å². The molecule has 0 radical (unpaired) electrons. The third-order valence-electron chi connectivity index (χ3n) is 6.77. The van der Waals surface area contributed by atoms with Crippen LogP contribution < -0.4 is 5.32 Å². The molecule has 0 unspecified atom stereocenters. The summed E-state index contributed by atoms with van der Waals surface area (Å²) in [5.74, 6) is 3.07. The number of benzene rings is 1. The number of hydrogen-bond acceptors (Lipinski definition) is 2. The monoisotopic (exact) mass is 313 g/mol. The van der Waals surface area contributed by atoms with Crippen LogP contribution in [-0.4, -0.2) is 17.8 Å². The van der Waals surface area contributed by atoms with E-state index in [1.165, 1.54) is 50.5 Å². The summed E-state index contributed by atoms with van der Waals surface area (Å²) < 4.78 is 0. The molecule has 2 heteroatoms. The highest BCUT2D eigenvalue weighted by molar-refractivity contribution is 5.19. The number of aliphatic hydroxyl groups excluding tert-OH is 1. The molecule has 0 heterocycles. The standard InChI is InChI=1S/C21H31NO/c1-15(22-20(14-23)19-5-3-2-4-6-19)10-21-11-16-7-17(12-21)9-18(8-16)13-21/h2-6,15-18,20,22-23H,7-14H2,1H3/t15-,16?,17?,18?,20+,21?/m1/s1. The highest BCUT2D eigenvalue weighted by Gasteiger charge is 2.50. The zero-order valence-corrected chi connectivity index (χ0v) is 14.4. The predicted octanol–water partition coefficient (Wildman–Crippen LogP) is 4.30. The van der Waals surface area contributed by atoms with Gasteiger partial charge in [-0.25, -0.2) is 0 Å². The molecule has 4 aliphatic carbocycles. The molecule has 0 aromatic heterocycles. The van der Waals surface area contributed by atoms with Crippen molar-refractivity contribution in [1.29, 1.82) is 0 Å². The predicted molar refractivity (Wildman–Crippen MR) is 94.1 cm³/mol. The minimum Gasteiger partial charge on any atom is -0.394 e. The van der Waals surface area contributed by atoms with Crippen molar-refractivity contribution in [3.63, 3.8) is 0 Å². The Labute approximate surface area is 140 Å². The van der Waals surface area contributed by atoms with Gasteiger partial charge in [-0.2, -0.15) is 0 Å². The number of nitrogens with one attached hydrogen (secondary N) is 1. The van der Waals surface area contributed by atoms with Gasteiger partial charge in [0.15, 0.2) is 0 Å². The van der Waals surface area contributed by atoms with E-state index in [1.807, 2.05) is 6.07 Å². The van der Waals surface area contributed by atoms with Crippen LogP contribution in [-0.2, 0) is 0 Å². The van der Waals surface area contributed by atoms with Crippen LogP contribution in [0, 0.1) is 23.2 Å². The molecule has 2 N–H and O–H groups in total. The normalized spacial score (nSPS) is 37.7. The van der Waals surface area contributed by atoms with Crippen molar-refractivity contribution in [3.05, 3.63) is 35.9 Å². The minimum absolute atomic E-state index is 0.0695. The fraction of sp³-hybridized carbons (Fsp3) is 0.714. The molecular weight excluding hydrogens is 282 g/mol. The SMILES string of the molecule is C[C@H](CC12CC3CC(CC(C3)C1)C2)N[C@@H](CO)c1ccccc1. The average molecular weight is 313 g/mol. The lowest BCUT2D eigenvalue weighted by atomic mass is 9.48. The summed E-state index contributed by atoms with van der Waals surface area (Å²) in [4.78, 5) is 0. The van der Waals surface area contributed by atoms with Crippen molar-refractivity contribution in [1.82, 2.24) is 5.32 Å². The number of aliphatic hydroxyl groups is 1. The maximum atomic E-state index is 9.80. The molecule has 0 amide bonds. The Morgan fingerprint density at radius 1 is 1.04 bits per heavy atom. The second-order valence-corrected chi connectivity index (χ2v) is 8.84. The Morgan fingerprint density at radius 3 is 2.13 bits per heavy atom. The van der Waals surface area contributed by atoms with E-state index in [-0.39, 0.29) is 12.6 Å². The molecule has 1 aromatic rings. The summed E-state index contributed by atoms with van der Waals surface area (Å²) in [6.45, 7) is 2.50. The molecule has 4 saturated carbocycles. The first-order valence-corrected chi connectivity index (χ1v) is 9.58. The van der Waals surface area contributed by atoms with Crippen molar-refractivity contribution in [2.45, 2.75) is 64.0 Å². The molecule has 126 valence electrons. The zero-order valence-electron chi connectivity index (χ0n) is 14.4. The van der Waals surface area contributed by atoms with E-state index in [0.717, 1.165) is 17.8 Å². The summed E-state index contributed by atoms with van der Waals surface area (Å²) >= 11 is 0. The highest BCUT2D eigenvalue weighted by atomic mass is 16.3. The van der Waals surface area contributed by atoms with Gasteiger partial charge >= 0.3 is 0 Å². The maximum Gasteiger partial charge on any atom is 0.0626 e. The van der Waals surface area contributed by atoms with Crippen LogP contribution in [0.25, 0.3) is 0 Å². The van der Waals surface area contributed by atoms with Crippen molar-refractivity contribution in [3.8, 4) is 0 Å². The fourth-order valence-electron chi connectivity index (χ4n) is 6.53. The summed E-state index contributed by atoms with van der Waals surface area (Å²) in [5, 5.41) is 13.5. The van der Waals surface area contributed by atoms with E-state index in [2.05, 4.69) is 36.5 Å². The van der Waals surface area contributed by atoms with Gasteiger partial charge in [-0.1, -0.05) is 30.3 Å². The lowest BCUT2D eigenvalue weighted by Crippen LogP contribution is -2.48. The van der Waals surface area contributed by atoms with Crippen molar-refractivity contribution in [2.75, 3.05) is 6.61 Å².